The van der Waals surface area contributed by atoms with Gasteiger partial charge in [0.15, 0.2) is 0 Å². The molecule has 1 aliphatic rings. The van der Waals surface area contributed by atoms with Gasteiger partial charge in [-0.05, 0) is 25.0 Å². The molecule has 1 fully saturated rings. The van der Waals surface area contributed by atoms with Gasteiger partial charge in [0.25, 0.3) is 0 Å². The Bertz CT molecular complexity index is 664. The van der Waals surface area contributed by atoms with Gasteiger partial charge in [-0.3, -0.25) is 4.79 Å². The van der Waals surface area contributed by atoms with Crippen molar-refractivity contribution in [3.05, 3.63) is 40.5 Å². The molecule has 0 saturated heterocycles. The van der Waals surface area contributed by atoms with E-state index in [1.165, 1.54) is 17.4 Å². The molecule has 21 heavy (non-hydrogen) atoms. The largest absolute Gasteiger partial charge is 0.349 e. The van der Waals surface area contributed by atoms with E-state index in [2.05, 4.69) is 10.3 Å². The summed E-state index contributed by atoms with van der Waals surface area (Å²) in [6, 6.07) is 6.58. The van der Waals surface area contributed by atoms with Crippen LogP contribution in [0.2, 0.25) is 0 Å². The maximum absolute atomic E-state index is 13.7. The molecule has 0 aliphatic heterocycles. The van der Waals surface area contributed by atoms with Crippen LogP contribution in [0.5, 0.6) is 0 Å². The van der Waals surface area contributed by atoms with Gasteiger partial charge in [-0.2, -0.15) is 0 Å². The van der Waals surface area contributed by atoms with E-state index in [0.29, 0.717) is 17.8 Å². The van der Waals surface area contributed by atoms with Crippen LogP contribution in [0.1, 0.15) is 31.2 Å². The number of benzene rings is 1. The number of carbonyl (C=O) groups excluding carboxylic acids is 1. The second kappa shape index (κ2) is 5.56. The fourth-order valence-corrected chi connectivity index (χ4v) is 3.22. The second-order valence-electron chi connectivity index (χ2n) is 5.70. The molecule has 0 spiro atoms. The molecule has 110 valence electrons. The van der Waals surface area contributed by atoms with E-state index in [9.17, 15) is 9.18 Å². The third-order valence-electron chi connectivity index (χ3n) is 4.11. The highest BCUT2D eigenvalue weighted by atomic mass is 32.1. The van der Waals surface area contributed by atoms with Gasteiger partial charge in [-0.15, -0.1) is 11.3 Å². The van der Waals surface area contributed by atoms with Crippen LogP contribution in [0.3, 0.4) is 0 Å². The summed E-state index contributed by atoms with van der Waals surface area (Å²) in [5.41, 5.74) is 0.917. The highest BCUT2D eigenvalue weighted by Crippen LogP contribution is 2.40. The number of hydrogen-bond donors (Lipinski definition) is 1. The van der Waals surface area contributed by atoms with Crippen LogP contribution in [0.15, 0.2) is 29.6 Å². The molecule has 1 heterocycles. The van der Waals surface area contributed by atoms with Gasteiger partial charge in [-0.25, -0.2) is 9.37 Å². The minimum atomic E-state index is -0.277. The van der Waals surface area contributed by atoms with Gasteiger partial charge in [0.05, 0.1) is 12.2 Å². The molecule has 5 heteroatoms. The summed E-state index contributed by atoms with van der Waals surface area (Å²) >= 11 is 1.44. The van der Waals surface area contributed by atoms with Crippen molar-refractivity contribution in [2.75, 3.05) is 0 Å². The van der Waals surface area contributed by atoms with Gasteiger partial charge < -0.3 is 5.32 Å². The van der Waals surface area contributed by atoms with Gasteiger partial charge in [0.1, 0.15) is 10.8 Å². The predicted molar refractivity (Wildman–Crippen MR) is 81.3 cm³/mol. The Morgan fingerprint density at radius 3 is 2.86 bits per heavy atom. The molecule has 1 aromatic heterocycles. The Morgan fingerprint density at radius 2 is 2.19 bits per heavy atom. The third kappa shape index (κ3) is 2.83. The summed E-state index contributed by atoms with van der Waals surface area (Å²) < 4.78 is 13.7. The highest BCUT2D eigenvalue weighted by Gasteiger charge is 2.38. The fourth-order valence-electron chi connectivity index (χ4n) is 2.49. The average molecular weight is 304 g/mol. The van der Waals surface area contributed by atoms with E-state index in [-0.39, 0.29) is 17.1 Å². The summed E-state index contributed by atoms with van der Waals surface area (Å²) in [6.07, 6.45) is 3.03. The van der Waals surface area contributed by atoms with Crippen molar-refractivity contribution in [2.45, 2.75) is 32.7 Å². The van der Waals surface area contributed by atoms with Gasteiger partial charge in [-0.1, -0.05) is 25.5 Å². The number of thiazole rings is 1. The van der Waals surface area contributed by atoms with E-state index in [1.54, 1.807) is 18.2 Å². The number of amides is 1. The van der Waals surface area contributed by atoms with Gasteiger partial charge in [0, 0.05) is 16.4 Å². The van der Waals surface area contributed by atoms with Crippen LogP contribution >= 0.6 is 11.3 Å². The maximum atomic E-state index is 13.7. The van der Waals surface area contributed by atoms with Crippen LogP contribution in [-0.2, 0) is 11.3 Å². The van der Waals surface area contributed by atoms with Crippen molar-refractivity contribution in [3.63, 3.8) is 0 Å². The Hall–Kier alpha value is -1.75. The van der Waals surface area contributed by atoms with Crippen molar-refractivity contribution < 1.29 is 9.18 Å². The van der Waals surface area contributed by atoms with Crippen molar-refractivity contribution in [3.8, 4) is 11.3 Å². The van der Waals surface area contributed by atoms with Crippen molar-refractivity contribution in [1.82, 2.24) is 10.3 Å². The third-order valence-corrected chi connectivity index (χ3v) is 4.96. The Kier molecular flexibility index (Phi) is 3.76. The smallest absolute Gasteiger partial charge is 0.226 e. The highest BCUT2D eigenvalue weighted by molar-refractivity contribution is 7.09. The lowest BCUT2D eigenvalue weighted by molar-refractivity contribution is -0.134. The minimum Gasteiger partial charge on any atom is -0.349 e. The number of hydrogen-bond acceptors (Lipinski definition) is 3. The molecule has 1 saturated carbocycles. The second-order valence-corrected chi connectivity index (χ2v) is 6.65. The van der Waals surface area contributed by atoms with E-state index in [0.717, 1.165) is 24.3 Å². The lowest BCUT2D eigenvalue weighted by Gasteiger charge is -2.36. The molecule has 1 amide bonds. The average Bonchev–Trinajstić information content (AvgIpc) is 2.91. The number of aromatic nitrogens is 1. The molecule has 2 aromatic rings. The maximum Gasteiger partial charge on any atom is 0.226 e. The number of rotatable bonds is 4. The standard InChI is InChI=1S/C16H17FN2OS/c1-16(7-4-8-16)15(20)18-9-14-19-13(10-21-14)11-5-2-3-6-12(11)17/h2-3,5-6,10H,4,7-9H2,1H3,(H,18,20). The minimum absolute atomic E-state index is 0.0939. The Balaban J connectivity index is 1.66. The molecule has 0 unspecified atom stereocenters. The molecule has 3 nitrogen and oxygen atoms in total. The zero-order valence-corrected chi connectivity index (χ0v) is 12.7. The number of nitrogens with one attached hydrogen (secondary N) is 1. The summed E-state index contributed by atoms with van der Waals surface area (Å²) in [5, 5.41) is 5.56. The van der Waals surface area contributed by atoms with Gasteiger partial charge >= 0.3 is 0 Å². The molecule has 0 atom stereocenters. The monoisotopic (exact) mass is 304 g/mol. The van der Waals surface area contributed by atoms with E-state index in [4.69, 9.17) is 0 Å². The summed E-state index contributed by atoms with van der Waals surface area (Å²) in [6.45, 7) is 2.41. The SMILES string of the molecule is CC1(C(=O)NCc2nc(-c3ccccc3F)cs2)CCC1. The van der Waals surface area contributed by atoms with Crippen LogP contribution in [0.4, 0.5) is 4.39 Å². The first kappa shape index (κ1) is 14.2. The van der Waals surface area contributed by atoms with Crippen LogP contribution in [0.25, 0.3) is 11.3 Å². The number of nitrogens with zero attached hydrogens (tertiary/aromatic N) is 1. The summed E-state index contributed by atoms with van der Waals surface area (Å²) in [7, 11) is 0. The zero-order chi connectivity index (χ0) is 14.9. The molecule has 1 aromatic carbocycles. The van der Waals surface area contributed by atoms with Crippen LogP contribution < -0.4 is 5.32 Å². The zero-order valence-electron chi connectivity index (χ0n) is 11.9. The lowest BCUT2D eigenvalue weighted by Crippen LogP contribution is -2.43. The topological polar surface area (TPSA) is 42.0 Å². The Morgan fingerprint density at radius 1 is 1.43 bits per heavy atom. The molecular weight excluding hydrogens is 287 g/mol. The molecule has 1 N–H and O–H groups in total. The summed E-state index contributed by atoms with van der Waals surface area (Å²) in [5.74, 6) is -0.184. The van der Waals surface area contributed by atoms with Crippen molar-refractivity contribution in [1.29, 1.82) is 0 Å². The van der Waals surface area contributed by atoms with E-state index in [1.807, 2.05) is 12.3 Å². The van der Waals surface area contributed by atoms with Crippen molar-refractivity contribution in [2.24, 2.45) is 5.41 Å². The van der Waals surface area contributed by atoms with Crippen molar-refractivity contribution >= 4 is 17.2 Å². The molecular formula is C16H17FN2OS. The first-order valence-electron chi connectivity index (χ1n) is 7.06. The predicted octanol–water partition coefficient (Wildman–Crippen LogP) is 3.76. The molecule has 0 radical (unpaired) electrons. The van der Waals surface area contributed by atoms with Crippen LogP contribution in [0, 0.1) is 11.2 Å². The quantitative estimate of drug-likeness (QED) is 0.934. The molecule has 0 bridgehead atoms. The van der Waals surface area contributed by atoms with Gasteiger partial charge in [0.2, 0.25) is 5.91 Å². The van der Waals surface area contributed by atoms with E-state index < -0.39 is 0 Å². The molecule has 3 rings (SSSR count). The summed E-state index contributed by atoms with van der Waals surface area (Å²) in [4.78, 5) is 16.5. The number of carbonyl (C=O) groups is 1. The Labute approximate surface area is 127 Å². The normalized spacial score (nSPS) is 16.3. The van der Waals surface area contributed by atoms with Crippen LogP contribution in [-0.4, -0.2) is 10.9 Å². The first-order chi connectivity index (χ1) is 10.1. The lowest BCUT2D eigenvalue weighted by atomic mass is 9.70. The number of halogens is 1. The van der Waals surface area contributed by atoms with E-state index >= 15 is 0 Å². The molecule has 1 aliphatic carbocycles. The fraction of sp³-hybridized carbons (Fsp3) is 0.375. The first-order valence-corrected chi connectivity index (χ1v) is 7.94.